The molecule has 0 aliphatic carbocycles. The molecule has 15 heteroatoms. The summed E-state index contributed by atoms with van der Waals surface area (Å²) in [5.74, 6) is 0.156. The molecule has 200 valence electrons. The number of sulfonamides is 1. The Hall–Kier alpha value is -3.69. The lowest BCUT2D eigenvalue weighted by Gasteiger charge is -2.30. The van der Waals surface area contributed by atoms with Crippen molar-refractivity contribution in [2.45, 2.75) is 25.4 Å². The molecule has 0 atom stereocenters. The van der Waals surface area contributed by atoms with E-state index in [1.165, 1.54) is 21.2 Å². The minimum absolute atomic E-state index is 0.0409. The summed E-state index contributed by atoms with van der Waals surface area (Å²) in [4.78, 5) is 25.6. The Morgan fingerprint density at radius 1 is 1.00 bits per heavy atom. The van der Waals surface area contributed by atoms with Crippen molar-refractivity contribution in [1.82, 2.24) is 33.0 Å². The van der Waals surface area contributed by atoms with E-state index in [0.29, 0.717) is 42.5 Å². The molecule has 1 fully saturated rings. The third-order valence-electron chi connectivity index (χ3n) is 6.34. The van der Waals surface area contributed by atoms with Crippen LogP contribution in [0, 0.1) is 0 Å². The van der Waals surface area contributed by atoms with Crippen LogP contribution in [0.15, 0.2) is 59.8 Å². The number of nitrogens with zero attached hydrogens (tertiary/aromatic N) is 7. The third-order valence-corrected chi connectivity index (χ3v) is 9.09. The fourth-order valence-corrected chi connectivity index (χ4v) is 6.14. The van der Waals surface area contributed by atoms with Crippen LogP contribution in [0.4, 0.5) is 5.95 Å². The van der Waals surface area contributed by atoms with Gasteiger partial charge in [-0.25, -0.2) is 31.1 Å². The van der Waals surface area contributed by atoms with Crippen molar-refractivity contribution in [3.05, 3.63) is 65.3 Å². The van der Waals surface area contributed by atoms with Crippen LogP contribution in [-0.2, 0) is 26.6 Å². The van der Waals surface area contributed by atoms with Gasteiger partial charge in [0.1, 0.15) is 12.0 Å². The molecule has 1 N–H and O–H groups in total. The Morgan fingerprint density at radius 2 is 1.74 bits per heavy atom. The van der Waals surface area contributed by atoms with E-state index in [0.717, 1.165) is 10.4 Å². The number of piperidine rings is 1. The van der Waals surface area contributed by atoms with E-state index in [9.17, 15) is 21.6 Å². The van der Waals surface area contributed by atoms with E-state index >= 15 is 0 Å². The Labute approximate surface area is 219 Å². The number of rotatable bonds is 8. The van der Waals surface area contributed by atoms with Gasteiger partial charge in [0, 0.05) is 48.9 Å². The number of benzene rings is 1. The summed E-state index contributed by atoms with van der Waals surface area (Å²) in [6.07, 6.45) is 5.05. The average molecular weight is 559 g/mol. The van der Waals surface area contributed by atoms with E-state index in [2.05, 4.69) is 25.4 Å². The molecule has 1 aliphatic heterocycles. The van der Waals surface area contributed by atoms with Crippen LogP contribution in [0.3, 0.4) is 0 Å². The Morgan fingerprint density at radius 3 is 2.45 bits per heavy atom. The molecule has 5 rings (SSSR count). The fourth-order valence-electron chi connectivity index (χ4n) is 4.27. The Bertz CT molecular complexity index is 1730. The number of hydrogen-bond donors (Lipinski definition) is 1. The van der Waals surface area contributed by atoms with Gasteiger partial charge in [-0.3, -0.25) is 9.36 Å². The maximum atomic E-state index is 13.0. The summed E-state index contributed by atoms with van der Waals surface area (Å²) < 4.78 is 53.0. The van der Waals surface area contributed by atoms with E-state index < -0.39 is 31.4 Å². The molecule has 38 heavy (non-hydrogen) atoms. The molecule has 0 amide bonds. The van der Waals surface area contributed by atoms with Crippen LogP contribution >= 0.6 is 0 Å². The smallest absolute Gasteiger partial charge is 0.257 e. The molecule has 13 nitrogen and oxygen atoms in total. The van der Waals surface area contributed by atoms with Crippen LogP contribution in [0.5, 0.6) is 0 Å². The van der Waals surface area contributed by atoms with Gasteiger partial charge in [0.15, 0.2) is 5.82 Å². The van der Waals surface area contributed by atoms with E-state index in [-0.39, 0.29) is 24.4 Å². The maximum absolute atomic E-state index is 13.0. The quantitative estimate of drug-likeness (QED) is 0.327. The molecule has 0 spiro atoms. The Kier molecular flexibility index (Phi) is 6.98. The first-order chi connectivity index (χ1) is 18.1. The zero-order valence-corrected chi connectivity index (χ0v) is 22.1. The lowest BCUT2D eigenvalue weighted by Crippen LogP contribution is -2.42. The van der Waals surface area contributed by atoms with Crippen molar-refractivity contribution in [2.24, 2.45) is 0 Å². The lowest BCUT2D eigenvalue weighted by atomic mass is 10.1. The van der Waals surface area contributed by atoms with Crippen molar-refractivity contribution in [3.8, 4) is 11.4 Å². The zero-order valence-electron chi connectivity index (χ0n) is 20.5. The van der Waals surface area contributed by atoms with Gasteiger partial charge >= 0.3 is 0 Å². The molecule has 0 unspecified atom stereocenters. The predicted molar refractivity (Wildman–Crippen MR) is 142 cm³/mol. The maximum Gasteiger partial charge on any atom is 0.257 e. The number of hydrogen-bond acceptors (Lipinski definition) is 10. The molecular formula is C23H26N8O5S2. The number of nitrogens with one attached hydrogen (secondary N) is 1. The topological polar surface area (TPSA) is 162 Å². The number of fused-ring (bicyclic) bond motifs is 1. The molecule has 0 saturated carbocycles. The summed E-state index contributed by atoms with van der Waals surface area (Å²) in [5, 5.41) is 7.89. The van der Waals surface area contributed by atoms with Crippen LogP contribution in [-0.4, -0.2) is 81.0 Å². The predicted octanol–water partition coefficient (Wildman–Crippen LogP) is 0.764. The van der Waals surface area contributed by atoms with Crippen molar-refractivity contribution >= 4 is 37.0 Å². The molecule has 0 radical (unpaired) electrons. The summed E-state index contributed by atoms with van der Waals surface area (Å²) in [7, 11) is -7.15. The van der Waals surface area contributed by atoms with Gasteiger partial charge < -0.3 is 5.32 Å². The molecule has 3 aromatic heterocycles. The largest absolute Gasteiger partial charge is 0.351 e. The van der Waals surface area contributed by atoms with Crippen LogP contribution in [0.25, 0.3) is 22.4 Å². The summed E-state index contributed by atoms with van der Waals surface area (Å²) in [6.45, 7) is 0.629. The summed E-state index contributed by atoms with van der Waals surface area (Å²) in [5.41, 5.74) is 0.579. The third kappa shape index (κ3) is 5.58. The monoisotopic (exact) mass is 558 g/mol. The van der Waals surface area contributed by atoms with Crippen LogP contribution in [0.1, 0.15) is 12.8 Å². The first-order valence-corrected chi connectivity index (χ1v) is 15.3. The minimum atomic E-state index is -3.91. The van der Waals surface area contributed by atoms with E-state index in [1.54, 1.807) is 36.5 Å². The number of pyridine rings is 1. The molecule has 1 saturated heterocycles. The highest BCUT2D eigenvalue weighted by Gasteiger charge is 2.25. The van der Waals surface area contributed by atoms with Gasteiger partial charge in [0.25, 0.3) is 15.6 Å². The molecule has 1 aromatic carbocycles. The summed E-state index contributed by atoms with van der Waals surface area (Å²) >= 11 is 0. The fraction of sp³-hybridized carbons (Fsp3) is 0.348. The second kappa shape index (κ2) is 10.2. The number of aryl methyl sites for hydroxylation is 1. The van der Waals surface area contributed by atoms with Crippen molar-refractivity contribution in [1.29, 1.82) is 0 Å². The second-order valence-electron chi connectivity index (χ2n) is 9.00. The highest BCUT2D eigenvalue weighted by Crippen LogP contribution is 2.18. The normalized spacial score (nSPS) is 15.6. The van der Waals surface area contributed by atoms with Gasteiger partial charge in [-0.05, 0) is 18.9 Å². The van der Waals surface area contributed by atoms with Crippen molar-refractivity contribution in [3.63, 3.8) is 0 Å². The average Bonchev–Trinajstić information content (AvgIpc) is 3.40. The number of aromatic nitrogens is 6. The first kappa shape index (κ1) is 25.9. The van der Waals surface area contributed by atoms with Crippen LogP contribution < -0.4 is 10.9 Å². The Balaban J connectivity index is 1.33. The summed E-state index contributed by atoms with van der Waals surface area (Å²) in [6, 6.07) is 11.9. The SMILES string of the molecule is CS(=O)(=O)N1CCC(Nc2ncc3ccc(=O)n(CCS(=O)(=O)n4cnc(-c5ccccc5)n4)c3n2)CC1. The molecular weight excluding hydrogens is 532 g/mol. The molecule has 4 aromatic rings. The zero-order chi connectivity index (χ0) is 26.9. The van der Waals surface area contributed by atoms with Crippen molar-refractivity contribution < 1.29 is 16.8 Å². The van der Waals surface area contributed by atoms with Gasteiger partial charge in [0.2, 0.25) is 16.0 Å². The first-order valence-electron chi connectivity index (χ1n) is 11.9. The lowest BCUT2D eigenvalue weighted by molar-refractivity contribution is 0.331. The standard InChI is InChI=1S/C23H26N8O5S2/c1-37(33,34)29-11-9-19(10-12-29)26-23-24-15-18-7-8-20(32)30(22(18)27-23)13-14-38(35,36)31-16-25-21(28-31)17-5-3-2-4-6-17/h2-8,15-16,19H,9-14H2,1H3,(H,24,26,27). The van der Waals surface area contributed by atoms with E-state index in [1.807, 2.05) is 6.07 Å². The minimum Gasteiger partial charge on any atom is -0.351 e. The highest BCUT2D eigenvalue weighted by atomic mass is 32.2. The van der Waals surface area contributed by atoms with Crippen LogP contribution in [0.2, 0.25) is 0 Å². The van der Waals surface area contributed by atoms with Crippen molar-refractivity contribution in [2.75, 3.05) is 30.4 Å². The van der Waals surface area contributed by atoms with E-state index in [4.69, 9.17) is 0 Å². The van der Waals surface area contributed by atoms with Gasteiger partial charge in [-0.15, -0.1) is 9.19 Å². The molecule has 1 aliphatic rings. The molecule has 4 heterocycles. The highest BCUT2D eigenvalue weighted by molar-refractivity contribution is 7.89. The van der Waals surface area contributed by atoms with Gasteiger partial charge in [-0.1, -0.05) is 30.3 Å². The van der Waals surface area contributed by atoms with Gasteiger partial charge in [-0.2, -0.15) is 4.98 Å². The second-order valence-corrected chi connectivity index (χ2v) is 12.9. The molecule has 0 bridgehead atoms. The van der Waals surface area contributed by atoms with Gasteiger partial charge in [0.05, 0.1) is 12.0 Å². The number of anilines is 1.